The van der Waals surface area contributed by atoms with Crippen LogP contribution in [0.3, 0.4) is 0 Å². The van der Waals surface area contributed by atoms with Gasteiger partial charge in [-0.2, -0.15) is 5.26 Å². The lowest BCUT2D eigenvalue weighted by Crippen LogP contribution is -2.20. The Morgan fingerprint density at radius 3 is 2.49 bits per heavy atom. The largest absolute Gasteiger partial charge is 0.492 e. The normalized spacial score (nSPS) is 10.4. The highest BCUT2D eigenvalue weighted by molar-refractivity contribution is 5.99. The molecule has 2 amide bonds. The number of anilines is 2. The van der Waals surface area contributed by atoms with Crippen molar-refractivity contribution in [3.8, 4) is 23.3 Å². The number of benzene rings is 3. The average Bonchev–Trinajstić information content (AvgIpc) is 2.92. The molecule has 1 aromatic heterocycles. The number of aromatic nitrogens is 1. The third-order valence-corrected chi connectivity index (χ3v) is 5.23. The second-order valence-corrected chi connectivity index (χ2v) is 8.03. The van der Waals surface area contributed by atoms with Gasteiger partial charge in [-0.1, -0.05) is 0 Å². The van der Waals surface area contributed by atoms with E-state index in [9.17, 15) is 23.6 Å². The van der Waals surface area contributed by atoms with E-state index in [2.05, 4.69) is 15.6 Å². The number of carbonyl (C=O) groups excluding carboxylic acids is 1. The lowest BCUT2D eigenvalue weighted by atomic mass is 10.1. The van der Waals surface area contributed by atoms with Crippen molar-refractivity contribution in [1.29, 1.82) is 5.26 Å². The lowest BCUT2D eigenvalue weighted by Gasteiger charge is -2.12. The molecule has 1 heterocycles. The van der Waals surface area contributed by atoms with Crippen LogP contribution >= 0.6 is 0 Å². The van der Waals surface area contributed by atoms with E-state index < -0.39 is 23.6 Å². The molecule has 0 spiro atoms. The summed E-state index contributed by atoms with van der Waals surface area (Å²) in [5.74, 6) is -1.79. The number of hydrogen-bond acceptors (Lipinski definition) is 7. The standard InChI is InChI=1S/C27H20F2N4O6/c28-17-3-5-18(6-4-17)32-27(36)33-22-8-7-19(13-21(22)29)38-39-24-9-10-31-23-14-25(16(15-30)12-20(23)24)37-11-1-2-26(34)35/h3-10,12-14H,1-2,11H2,(H,34,35)(H2,32,33,36). The van der Waals surface area contributed by atoms with Gasteiger partial charge in [0.05, 0.1) is 23.4 Å². The maximum absolute atomic E-state index is 14.6. The molecule has 3 aromatic carbocycles. The number of nitrogens with zero attached hydrogens (tertiary/aromatic N) is 2. The zero-order valence-electron chi connectivity index (χ0n) is 20.1. The third kappa shape index (κ3) is 7.07. The quantitative estimate of drug-likeness (QED) is 0.135. The summed E-state index contributed by atoms with van der Waals surface area (Å²) in [4.78, 5) is 37.6. The Balaban J connectivity index is 1.41. The van der Waals surface area contributed by atoms with Gasteiger partial charge in [-0.25, -0.2) is 13.6 Å². The van der Waals surface area contributed by atoms with E-state index in [0.717, 1.165) is 6.07 Å². The van der Waals surface area contributed by atoms with Crippen LogP contribution in [-0.4, -0.2) is 28.7 Å². The predicted molar refractivity (Wildman–Crippen MR) is 136 cm³/mol. The van der Waals surface area contributed by atoms with E-state index in [-0.39, 0.29) is 47.9 Å². The molecule has 0 aliphatic carbocycles. The molecule has 39 heavy (non-hydrogen) atoms. The molecule has 0 atom stereocenters. The number of rotatable bonds is 10. The summed E-state index contributed by atoms with van der Waals surface area (Å²) < 4.78 is 33.1. The van der Waals surface area contributed by atoms with Gasteiger partial charge < -0.3 is 20.5 Å². The number of pyridine rings is 1. The second kappa shape index (κ2) is 12.2. The molecule has 4 rings (SSSR count). The van der Waals surface area contributed by atoms with Crippen LogP contribution in [0.2, 0.25) is 0 Å². The average molecular weight is 534 g/mol. The maximum Gasteiger partial charge on any atom is 0.323 e. The SMILES string of the molecule is N#Cc1cc2c(OOc3ccc(NC(=O)Nc4ccc(F)cc4)c(F)c3)ccnc2cc1OCCCC(=O)O. The number of nitrogens with one attached hydrogen (secondary N) is 2. The number of carboxylic acid groups (broad SMARTS) is 1. The van der Waals surface area contributed by atoms with Gasteiger partial charge in [0.15, 0.2) is 17.3 Å². The number of hydrogen-bond donors (Lipinski definition) is 3. The number of urea groups is 1. The van der Waals surface area contributed by atoms with Crippen LogP contribution in [0.15, 0.2) is 66.9 Å². The monoisotopic (exact) mass is 534 g/mol. The smallest absolute Gasteiger partial charge is 0.323 e. The first-order chi connectivity index (χ1) is 18.8. The minimum absolute atomic E-state index is 0.0131. The number of nitriles is 1. The summed E-state index contributed by atoms with van der Waals surface area (Å²) in [6.45, 7) is 0.107. The first-order valence-electron chi connectivity index (χ1n) is 11.5. The molecule has 0 bridgehead atoms. The van der Waals surface area contributed by atoms with E-state index in [1.165, 1.54) is 60.8 Å². The fraction of sp³-hybridized carbons (Fsp3) is 0.111. The molecule has 12 heteroatoms. The Morgan fingerprint density at radius 1 is 0.974 bits per heavy atom. The van der Waals surface area contributed by atoms with Gasteiger partial charge in [0, 0.05) is 41.9 Å². The molecule has 0 aliphatic heterocycles. The summed E-state index contributed by atoms with van der Waals surface area (Å²) in [6, 6.07) is 14.5. The molecule has 0 unspecified atom stereocenters. The van der Waals surface area contributed by atoms with Crippen LogP contribution in [0.5, 0.6) is 17.2 Å². The molecule has 3 N–H and O–H groups in total. The van der Waals surface area contributed by atoms with E-state index >= 15 is 0 Å². The number of ether oxygens (including phenoxy) is 1. The zero-order valence-corrected chi connectivity index (χ0v) is 20.1. The Kier molecular flexibility index (Phi) is 8.33. The van der Waals surface area contributed by atoms with Gasteiger partial charge in [-0.15, -0.1) is 0 Å². The van der Waals surface area contributed by atoms with Gasteiger partial charge in [-0.05, 0) is 48.9 Å². The highest BCUT2D eigenvalue weighted by Crippen LogP contribution is 2.31. The molecule has 0 radical (unpaired) electrons. The van der Waals surface area contributed by atoms with Crippen LogP contribution in [-0.2, 0) is 4.79 Å². The fourth-order valence-electron chi connectivity index (χ4n) is 3.39. The lowest BCUT2D eigenvalue weighted by molar-refractivity contribution is -0.137. The number of aliphatic carboxylic acids is 1. The highest BCUT2D eigenvalue weighted by atomic mass is 19.1. The highest BCUT2D eigenvalue weighted by Gasteiger charge is 2.14. The summed E-state index contributed by atoms with van der Waals surface area (Å²) in [5, 5.41) is 23.5. The Hall–Kier alpha value is -5.44. The van der Waals surface area contributed by atoms with Crippen LogP contribution in [0.4, 0.5) is 25.0 Å². The maximum atomic E-state index is 14.6. The van der Waals surface area contributed by atoms with Crippen LogP contribution < -0.4 is 25.1 Å². The molecule has 0 saturated carbocycles. The van der Waals surface area contributed by atoms with E-state index in [4.69, 9.17) is 19.6 Å². The number of carboxylic acids is 1. The Bertz CT molecular complexity index is 1560. The van der Waals surface area contributed by atoms with Crippen molar-refractivity contribution in [2.75, 3.05) is 17.2 Å². The second-order valence-electron chi connectivity index (χ2n) is 8.03. The summed E-state index contributed by atoms with van der Waals surface area (Å²) in [5.41, 5.74) is 0.784. The van der Waals surface area contributed by atoms with Gasteiger partial charge >= 0.3 is 12.0 Å². The molecular formula is C27H20F2N4O6. The minimum atomic E-state index is -0.945. The van der Waals surface area contributed by atoms with E-state index in [0.29, 0.717) is 16.6 Å². The Labute approximate surface area is 220 Å². The summed E-state index contributed by atoms with van der Waals surface area (Å²) in [6.07, 6.45) is 1.64. The number of halogens is 2. The van der Waals surface area contributed by atoms with Crippen molar-refractivity contribution in [2.45, 2.75) is 12.8 Å². The van der Waals surface area contributed by atoms with Gasteiger partial charge in [0.25, 0.3) is 0 Å². The van der Waals surface area contributed by atoms with E-state index in [1.807, 2.05) is 6.07 Å². The van der Waals surface area contributed by atoms with Gasteiger partial charge in [0.2, 0.25) is 0 Å². The third-order valence-electron chi connectivity index (χ3n) is 5.23. The topological polar surface area (TPSA) is 143 Å². The molecular weight excluding hydrogens is 514 g/mol. The summed E-state index contributed by atoms with van der Waals surface area (Å²) >= 11 is 0. The number of amides is 2. The van der Waals surface area contributed by atoms with Crippen molar-refractivity contribution >= 4 is 34.3 Å². The molecule has 10 nitrogen and oxygen atoms in total. The summed E-state index contributed by atoms with van der Waals surface area (Å²) in [7, 11) is 0. The predicted octanol–water partition coefficient (Wildman–Crippen LogP) is 5.65. The van der Waals surface area contributed by atoms with Gasteiger partial charge in [0.1, 0.15) is 17.6 Å². The molecule has 198 valence electrons. The Morgan fingerprint density at radius 2 is 1.77 bits per heavy atom. The van der Waals surface area contributed by atoms with Crippen molar-refractivity contribution in [3.63, 3.8) is 0 Å². The molecule has 4 aromatic rings. The van der Waals surface area contributed by atoms with Crippen LogP contribution in [0.25, 0.3) is 10.9 Å². The molecule has 0 fully saturated rings. The molecule has 0 aliphatic rings. The van der Waals surface area contributed by atoms with Crippen molar-refractivity contribution in [3.05, 3.63) is 84.1 Å². The van der Waals surface area contributed by atoms with Crippen LogP contribution in [0, 0.1) is 23.0 Å². The van der Waals surface area contributed by atoms with Crippen LogP contribution in [0.1, 0.15) is 18.4 Å². The fourth-order valence-corrected chi connectivity index (χ4v) is 3.39. The van der Waals surface area contributed by atoms with E-state index in [1.54, 1.807) is 0 Å². The van der Waals surface area contributed by atoms with Crippen molar-refractivity contribution in [1.82, 2.24) is 4.98 Å². The minimum Gasteiger partial charge on any atom is -0.492 e. The molecule has 0 saturated heterocycles. The van der Waals surface area contributed by atoms with Crippen molar-refractivity contribution < 1.29 is 38.0 Å². The van der Waals surface area contributed by atoms with Gasteiger partial charge in [-0.3, -0.25) is 19.6 Å². The first kappa shape index (κ1) is 26.6. The zero-order chi connectivity index (χ0) is 27.8. The number of carbonyl (C=O) groups is 2. The first-order valence-corrected chi connectivity index (χ1v) is 11.5. The number of fused-ring (bicyclic) bond motifs is 1. The van der Waals surface area contributed by atoms with Crippen molar-refractivity contribution in [2.24, 2.45) is 0 Å².